The van der Waals surface area contributed by atoms with Gasteiger partial charge in [-0.1, -0.05) is 12.8 Å². The first kappa shape index (κ1) is 15.3. The quantitative estimate of drug-likeness (QED) is 0.909. The number of aromatic nitrogens is 1. The Morgan fingerprint density at radius 1 is 1.30 bits per heavy atom. The number of hydrogen-bond donors (Lipinski definition) is 1. The SMILES string of the molecule is Cc1cc(N(C)C2CCCC2)c(CNC(C)(C)C)cn1. The van der Waals surface area contributed by atoms with Crippen LogP contribution in [0.25, 0.3) is 0 Å². The molecule has 3 nitrogen and oxygen atoms in total. The fraction of sp³-hybridized carbons (Fsp3) is 0.706. The van der Waals surface area contributed by atoms with Gasteiger partial charge in [0, 0.05) is 48.3 Å². The minimum absolute atomic E-state index is 0.133. The Balaban J connectivity index is 2.18. The van der Waals surface area contributed by atoms with Gasteiger partial charge in [0.25, 0.3) is 0 Å². The summed E-state index contributed by atoms with van der Waals surface area (Å²) in [5, 5.41) is 3.58. The summed E-state index contributed by atoms with van der Waals surface area (Å²) >= 11 is 0. The molecule has 0 spiro atoms. The summed E-state index contributed by atoms with van der Waals surface area (Å²) in [7, 11) is 2.24. The lowest BCUT2D eigenvalue weighted by Crippen LogP contribution is -2.36. The molecule has 1 aliphatic rings. The minimum atomic E-state index is 0.133. The molecule has 2 rings (SSSR count). The fourth-order valence-corrected chi connectivity index (χ4v) is 2.89. The molecule has 3 heteroatoms. The Morgan fingerprint density at radius 2 is 1.95 bits per heavy atom. The van der Waals surface area contributed by atoms with Crippen molar-refractivity contribution in [1.82, 2.24) is 10.3 Å². The predicted octanol–water partition coefficient (Wildman–Crippen LogP) is 3.66. The molecule has 0 radical (unpaired) electrons. The molecule has 1 aromatic heterocycles. The molecule has 1 aromatic rings. The number of aryl methyl sites for hydroxylation is 1. The molecule has 0 saturated heterocycles. The average molecular weight is 275 g/mol. The fourth-order valence-electron chi connectivity index (χ4n) is 2.89. The standard InChI is InChI=1S/C17H29N3/c1-13-10-16(20(5)15-8-6-7-9-15)14(11-18-13)12-19-17(2,3)4/h10-11,15,19H,6-9,12H2,1-5H3. The van der Waals surface area contributed by atoms with Crippen molar-refractivity contribution >= 4 is 5.69 Å². The third-order valence-electron chi connectivity index (χ3n) is 4.16. The number of nitrogens with zero attached hydrogens (tertiary/aromatic N) is 2. The van der Waals surface area contributed by atoms with Gasteiger partial charge in [-0.25, -0.2) is 0 Å². The van der Waals surface area contributed by atoms with E-state index in [2.05, 4.69) is 56.0 Å². The lowest BCUT2D eigenvalue weighted by molar-refractivity contribution is 0.423. The largest absolute Gasteiger partial charge is 0.371 e. The first-order valence-corrected chi connectivity index (χ1v) is 7.80. The molecular formula is C17H29N3. The van der Waals surface area contributed by atoms with Crippen LogP contribution in [0.2, 0.25) is 0 Å². The maximum absolute atomic E-state index is 4.48. The summed E-state index contributed by atoms with van der Waals surface area (Å²) in [5.41, 5.74) is 3.89. The summed E-state index contributed by atoms with van der Waals surface area (Å²) < 4.78 is 0. The van der Waals surface area contributed by atoms with Gasteiger partial charge in [-0.3, -0.25) is 4.98 Å². The van der Waals surface area contributed by atoms with E-state index in [1.807, 2.05) is 6.20 Å². The van der Waals surface area contributed by atoms with Crippen molar-refractivity contribution in [3.05, 3.63) is 23.5 Å². The molecule has 0 bridgehead atoms. The molecule has 0 aromatic carbocycles. The Kier molecular flexibility index (Phi) is 4.69. The van der Waals surface area contributed by atoms with Crippen LogP contribution < -0.4 is 10.2 Å². The van der Waals surface area contributed by atoms with E-state index in [0.717, 1.165) is 12.2 Å². The molecular weight excluding hydrogens is 246 g/mol. The van der Waals surface area contributed by atoms with E-state index in [1.54, 1.807) is 0 Å². The van der Waals surface area contributed by atoms with Gasteiger partial charge >= 0.3 is 0 Å². The summed E-state index contributed by atoms with van der Waals surface area (Å²) in [4.78, 5) is 6.96. The Hall–Kier alpha value is -1.09. The summed E-state index contributed by atoms with van der Waals surface area (Å²) in [5.74, 6) is 0. The van der Waals surface area contributed by atoms with Gasteiger partial charge in [-0.2, -0.15) is 0 Å². The van der Waals surface area contributed by atoms with Gasteiger partial charge in [0.1, 0.15) is 0 Å². The topological polar surface area (TPSA) is 28.2 Å². The van der Waals surface area contributed by atoms with Gasteiger partial charge in [0.05, 0.1) is 0 Å². The molecule has 1 fully saturated rings. The first-order chi connectivity index (χ1) is 9.37. The highest BCUT2D eigenvalue weighted by Crippen LogP contribution is 2.29. The molecule has 112 valence electrons. The lowest BCUT2D eigenvalue weighted by atomic mass is 10.1. The normalized spacial score (nSPS) is 16.6. The molecule has 0 aliphatic heterocycles. The second-order valence-corrected chi connectivity index (χ2v) is 7.11. The van der Waals surface area contributed by atoms with Crippen LogP contribution in [0.1, 0.15) is 57.7 Å². The van der Waals surface area contributed by atoms with E-state index in [4.69, 9.17) is 0 Å². The van der Waals surface area contributed by atoms with Gasteiger partial charge < -0.3 is 10.2 Å². The second-order valence-electron chi connectivity index (χ2n) is 7.11. The van der Waals surface area contributed by atoms with Crippen LogP contribution in [0.5, 0.6) is 0 Å². The zero-order valence-corrected chi connectivity index (χ0v) is 13.7. The zero-order valence-electron chi connectivity index (χ0n) is 13.7. The molecule has 1 saturated carbocycles. The summed E-state index contributed by atoms with van der Waals surface area (Å²) in [6.45, 7) is 9.56. The molecule has 1 aliphatic carbocycles. The maximum atomic E-state index is 4.48. The number of hydrogen-bond acceptors (Lipinski definition) is 3. The molecule has 1 N–H and O–H groups in total. The third-order valence-corrected chi connectivity index (χ3v) is 4.16. The Labute approximate surface area is 123 Å². The van der Waals surface area contributed by atoms with E-state index >= 15 is 0 Å². The van der Waals surface area contributed by atoms with E-state index in [-0.39, 0.29) is 5.54 Å². The van der Waals surface area contributed by atoms with Gasteiger partial charge in [0.15, 0.2) is 0 Å². The lowest BCUT2D eigenvalue weighted by Gasteiger charge is -2.30. The van der Waals surface area contributed by atoms with Crippen molar-refractivity contribution in [3.8, 4) is 0 Å². The van der Waals surface area contributed by atoms with Crippen molar-refractivity contribution in [2.45, 2.75) is 71.5 Å². The number of rotatable bonds is 4. The molecule has 0 unspecified atom stereocenters. The Morgan fingerprint density at radius 3 is 2.55 bits per heavy atom. The van der Waals surface area contributed by atoms with E-state index < -0.39 is 0 Å². The highest BCUT2D eigenvalue weighted by molar-refractivity contribution is 5.54. The smallest absolute Gasteiger partial charge is 0.0445 e. The van der Waals surface area contributed by atoms with Crippen LogP contribution in [0, 0.1) is 6.92 Å². The number of pyridine rings is 1. The molecule has 0 atom stereocenters. The van der Waals surface area contributed by atoms with E-state index in [9.17, 15) is 0 Å². The monoisotopic (exact) mass is 275 g/mol. The second kappa shape index (κ2) is 6.13. The van der Waals surface area contributed by atoms with Gasteiger partial charge in [-0.15, -0.1) is 0 Å². The zero-order chi connectivity index (χ0) is 14.8. The van der Waals surface area contributed by atoms with Crippen LogP contribution in [-0.2, 0) is 6.54 Å². The maximum Gasteiger partial charge on any atom is 0.0445 e. The molecule has 1 heterocycles. The van der Waals surface area contributed by atoms with Crippen LogP contribution in [0.4, 0.5) is 5.69 Å². The van der Waals surface area contributed by atoms with Crippen LogP contribution in [-0.4, -0.2) is 23.6 Å². The molecule has 20 heavy (non-hydrogen) atoms. The van der Waals surface area contributed by atoms with E-state index in [1.165, 1.54) is 36.9 Å². The van der Waals surface area contributed by atoms with Crippen molar-refractivity contribution < 1.29 is 0 Å². The minimum Gasteiger partial charge on any atom is -0.371 e. The third kappa shape index (κ3) is 3.95. The highest BCUT2D eigenvalue weighted by Gasteiger charge is 2.22. The van der Waals surface area contributed by atoms with Crippen LogP contribution in [0.3, 0.4) is 0 Å². The van der Waals surface area contributed by atoms with Crippen LogP contribution in [0.15, 0.2) is 12.3 Å². The number of nitrogens with one attached hydrogen (secondary N) is 1. The van der Waals surface area contributed by atoms with Crippen molar-refractivity contribution in [3.63, 3.8) is 0 Å². The Bertz CT molecular complexity index is 442. The van der Waals surface area contributed by atoms with Crippen LogP contribution >= 0.6 is 0 Å². The van der Waals surface area contributed by atoms with Crippen molar-refractivity contribution in [2.24, 2.45) is 0 Å². The first-order valence-electron chi connectivity index (χ1n) is 7.80. The highest BCUT2D eigenvalue weighted by atomic mass is 15.1. The van der Waals surface area contributed by atoms with Crippen molar-refractivity contribution in [1.29, 1.82) is 0 Å². The summed E-state index contributed by atoms with van der Waals surface area (Å²) in [6.07, 6.45) is 7.42. The van der Waals surface area contributed by atoms with Gasteiger partial charge in [-0.05, 0) is 46.6 Å². The molecule has 0 amide bonds. The predicted molar refractivity (Wildman–Crippen MR) is 86.2 cm³/mol. The van der Waals surface area contributed by atoms with Crippen molar-refractivity contribution in [2.75, 3.05) is 11.9 Å². The van der Waals surface area contributed by atoms with E-state index in [0.29, 0.717) is 6.04 Å². The number of anilines is 1. The average Bonchev–Trinajstić information content (AvgIpc) is 2.89. The summed E-state index contributed by atoms with van der Waals surface area (Å²) in [6, 6.07) is 2.93. The van der Waals surface area contributed by atoms with Gasteiger partial charge in [0.2, 0.25) is 0 Å².